The van der Waals surface area contributed by atoms with E-state index in [1.165, 1.54) is 32.9 Å². The Hall–Kier alpha value is -2.11. The second kappa shape index (κ2) is 4.64. The minimum absolute atomic E-state index is 0.207. The van der Waals surface area contributed by atoms with E-state index in [0.29, 0.717) is 0 Å². The Morgan fingerprint density at radius 1 is 1.33 bits per heavy atom. The summed E-state index contributed by atoms with van der Waals surface area (Å²) in [6, 6.07) is 2.64. The van der Waals surface area contributed by atoms with Crippen molar-refractivity contribution in [1.82, 2.24) is 5.32 Å². The van der Waals surface area contributed by atoms with Crippen LogP contribution in [0.4, 0.5) is 10.1 Å². The zero-order chi connectivity index (χ0) is 14.1. The smallest absolute Gasteiger partial charge is 0.255 e. The Labute approximate surface area is 104 Å². The van der Waals surface area contributed by atoms with Gasteiger partial charge in [-0.3, -0.25) is 9.59 Å². The molecule has 0 heterocycles. The van der Waals surface area contributed by atoms with Gasteiger partial charge >= 0.3 is 0 Å². The summed E-state index contributed by atoms with van der Waals surface area (Å²) in [4.78, 5) is 23.0. The molecule has 0 fully saturated rings. The summed E-state index contributed by atoms with van der Waals surface area (Å²) in [7, 11) is 0. The lowest BCUT2D eigenvalue weighted by Crippen LogP contribution is -2.53. The number of halogens is 1. The largest absolute Gasteiger partial charge is 0.399 e. The van der Waals surface area contributed by atoms with E-state index >= 15 is 0 Å². The summed E-state index contributed by atoms with van der Waals surface area (Å²) in [5, 5.41) is 2.36. The van der Waals surface area contributed by atoms with E-state index in [4.69, 9.17) is 11.5 Å². The lowest BCUT2D eigenvalue weighted by atomic mass is 10.0. The number of carbonyl (C=O) groups excluding carboxylic acids is 2. The van der Waals surface area contributed by atoms with Crippen molar-refractivity contribution >= 4 is 17.5 Å². The van der Waals surface area contributed by atoms with Crippen LogP contribution in [0.2, 0.25) is 0 Å². The van der Waals surface area contributed by atoms with Crippen molar-refractivity contribution in [2.75, 3.05) is 5.73 Å². The molecule has 98 valence electrons. The summed E-state index contributed by atoms with van der Waals surface area (Å²) in [6.45, 7) is 4.37. The van der Waals surface area contributed by atoms with Crippen LogP contribution in [-0.4, -0.2) is 17.4 Å². The van der Waals surface area contributed by atoms with E-state index in [1.54, 1.807) is 0 Å². The predicted molar refractivity (Wildman–Crippen MR) is 66.3 cm³/mol. The van der Waals surface area contributed by atoms with Crippen molar-refractivity contribution in [2.24, 2.45) is 5.73 Å². The van der Waals surface area contributed by atoms with Gasteiger partial charge in [0.15, 0.2) is 0 Å². The fourth-order valence-electron chi connectivity index (χ4n) is 1.38. The van der Waals surface area contributed by atoms with E-state index in [2.05, 4.69) is 5.32 Å². The highest BCUT2D eigenvalue weighted by Gasteiger charge is 2.28. The van der Waals surface area contributed by atoms with Gasteiger partial charge in [-0.25, -0.2) is 4.39 Å². The summed E-state index contributed by atoms with van der Waals surface area (Å²) in [5.74, 6) is -2.11. The summed E-state index contributed by atoms with van der Waals surface area (Å²) < 4.78 is 13.8. The fraction of sp³-hybridized carbons (Fsp3) is 0.333. The molecule has 0 saturated heterocycles. The highest BCUT2D eigenvalue weighted by molar-refractivity contribution is 5.99. The van der Waals surface area contributed by atoms with E-state index in [-0.39, 0.29) is 16.8 Å². The summed E-state index contributed by atoms with van der Waals surface area (Å²) in [5.41, 5.74) is 9.74. The van der Waals surface area contributed by atoms with Gasteiger partial charge in [0.1, 0.15) is 11.4 Å². The number of amides is 2. The van der Waals surface area contributed by atoms with Gasteiger partial charge in [-0.05, 0) is 38.5 Å². The molecule has 0 atom stereocenters. The molecule has 0 spiro atoms. The zero-order valence-electron chi connectivity index (χ0n) is 10.5. The molecular formula is C12H16FN3O2. The molecular weight excluding hydrogens is 237 g/mol. The second-order valence-electron chi connectivity index (χ2n) is 4.64. The number of hydrogen-bond donors (Lipinski definition) is 3. The van der Waals surface area contributed by atoms with Crippen molar-refractivity contribution in [2.45, 2.75) is 26.3 Å². The van der Waals surface area contributed by atoms with Crippen LogP contribution >= 0.6 is 0 Å². The minimum Gasteiger partial charge on any atom is -0.399 e. The van der Waals surface area contributed by atoms with Crippen LogP contribution in [0.15, 0.2) is 12.1 Å². The van der Waals surface area contributed by atoms with Crippen LogP contribution in [0.25, 0.3) is 0 Å². The number of hydrogen-bond acceptors (Lipinski definition) is 3. The van der Waals surface area contributed by atoms with Gasteiger partial charge in [0, 0.05) is 5.69 Å². The van der Waals surface area contributed by atoms with Crippen LogP contribution < -0.4 is 16.8 Å². The van der Waals surface area contributed by atoms with Gasteiger partial charge in [-0.1, -0.05) is 0 Å². The third-order valence-electron chi connectivity index (χ3n) is 2.56. The number of carbonyl (C=O) groups is 2. The molecule has 0 aliphatic rings. The normalized spacial score (nSPS) is 11.1. The van der Waals surface area contributed by atoms with Crippen molar-refractivity contribution in [3.05, 3.63) is 29.1 Å². The maximum Gasteiger partial charge on any atom is 0.255 e. The molecule has 1 rings (SSSR count). The highest BCUT2D eigenvalue weighted by atomic mass is 19.1. The summed E-state index contributed by atoms with van der Waals surface area (Å²) in [6.07, 6.45) is 0. The molecule has 0 radical (unpaired) electrons. The Balaban J connectivity index is 3.09. The van der Waals surface area contributed by atoms with Gasteiger partial charge < -0.3 is 16.8 Å². The standard InChI is InChI=1S/C12H16FN3O2/c1-6-4-7(14)5-8(9(6)13)10(17)16-12(2,3)11(15)18/h4-5H,14H2,1-3H3,(H2,15,18)(H,16,17). The highest BCUT2D eigenvalue weighted by Crippen LogP contribution is 2.17. The number of benzene rings is 1. The lowest BCUT2D eigenvalue weighted by molar-refractivity contribution is -0.122. The molecule has 0 unspecified atom stereocenters. The first-order valence-corrected chi connectivity index (χ1v) is 5.33. The van der Waals surface area contributed by atoms with Crippen molar-refractivity contribution in [3.8, 4) is 0 Å². The number of aryl methyl sites for hydroxylation is 1. The first-order chi connectivity index (χ1) is 8.15. The molecule has 18 heavy (non-hydrogen) atoms. The van der Waals surface area contributed by atoms with E-state index in [9.17, 15) is 14.0 Å². The fourth-order valence-corrected chi connectivity index (χ4v) is 1.38. The van der Waals surface area contributed by atoms with Crippen LogP contribution in [0.3, 0.4) is 0 Å². The van der Waals surface area contributed by atoms with E-state index in [1.807, 2.05) is 0 Å². The predicted octanol–water partition coefficient (Wildman–Crippen LogP) is 0.710. The number of nitrogens with two attached hydrogens (primary N) is 2. The maximum atomic E-state index is 13.8. The van der Waals surface area contributed by atoms with Crippen LogP contribution in [0.1, 0.15) is 29.8 Å². The number of anilines is 1. The molecule has 1 aromatic rings. The molecule has 2 amide bonds. The number of nitrogen functional groups attached to an aromatic ring is 1. The van der Waals surface area contributed by atoms with Crippen LogP contribution in [0.5, 0.6) is 0 Å². The Morgan fingerprint density at radius 3 is 2.39 bits per heavy atom. The molecule has 0 bridgehead atoms. The van der Waals surface area contributed by atoms with Crippen molar-refractivity contribution in [1.29, 1.82) is 0 Å². The second-order valence-corrected chi connectivity index (χ2v) is 4.64. The third kappa shape index (κ3) is 2.77. The molecule has 0 aliphatic heterocycles. The molecule has 6 heteroatoms. The molecule has 0 saturated carbocycles. The maximum absolute atomic E-state index is 13.8. The lowest BCUT2D eigenvalue weighted by Gasteiger charge is -2.22. The Morgan fingerprint density at radius 2 is 1.89 bits per heavy atom. The van der Waals surface area contributed by atoms with Crippen molar-refractivity contribution in [3.63, 3.8) is 0 Å². The third-order valence-corrected chi connectivity index (χ3v) is 2.56. The first-order valence-electron chi connectivity index (χ1n) is 5.33. The average Bonchev–Trinajstić information content (AvgIpc) is 2.22. The average molecular weight is 253 g/mol. The minimum atomic E-state index is -1.26. The SMILES string of the molecule is Cc1cc(N)cc(C(=O)NC(C)(C)C(N)=O)c1F. The zero-order valence-corrected chi connectivity index (χ0v) is 10.5. The molecule has 0 aromatic heterocycles. The van der Waals surface area contributed by atoms with Gasteiger partial charge in [-0.2, -0.15) is 0 Å². The van der Waals surface area contributed by atoms with Gasteiger partial charge in [0.2, 0.25) is 5.91 Å². The number of rotatable bonds is 3. The van der Waals surface area contributed by atoms with E-state index in [0.717, 1.165) is 0 Å². The van der Waals surface area contributed by atoms with Gasteiger partial charge in [0.25, 0.3) is 5.91 Å². The Kier molecular flexibility index (Phi) is 3.59. The van der Waals surface area contributed by atoms with Crippen LogP contribution in [0, 0.1) is 12.7 Å². The topological polar surface area (TPSA) is 98.2 Å². The number of nitrogens with one attached hydrogen (secondary N) is 1. The Bertz CT molecular complexity index is 512. The van der Waals surface area contributed by atoms with E-state index < -0.39 is 23.2 Å². The number of primary amides is 1. The molecule has 1 aromatic carbocycles. The van der Waals surface area contributed by atoms with Crippen molar-refractivity contribution < 1.29 is 14.0 Å². The summed E-state index contributed by atoms with van der Waals surface area (Å²) >= 11 is 0. The molecule has 5 N–H and O–H groups in total. The first kappa shape index (κ1) is 14.0. The monoisotopic (exact) mass is 253 g/mol. The van der Waals surface area contributed by atoms with Gasteiger partial charge in [-0.15, -0.1) is 0 Å². The van der Waals surface area contributed by atoms with Crippen LogP contribution in [-0.2, 0) is 4.79 Å². The quantitative estimate of drug-likeness (QED) is 0.692. The van der Waals surface area contributed by atoms with Gasteiger partial charge in [0.05, 0.1) is 5.56 Å². The molecule has 5 nitrogen and oxygen atoms in total. The molecule has 0 aliphatic carbocycles.